The third-order valence-electron chi connectivity index (χ3n) is 3.15. The highest BCUT2D eigenvalue weighted by molar-refractivity contribution is 6.30. The maximum atomic E-state index is 13.7. The minimum atomic E-state index is -0.426. The van der Waals surface area contributed by atoms with Crippen molar-refractivity contribution in [2.24, 2.45) is 0 Å². The van der Waals surface area contributed by atoms with Gasteiger partial charge in [-0.1, -0.05) is 41.9 Å². The van der Waals surface area contributed by atoms with Gasteiger partial charge in [0, 0.05) is 11.7 Å². The van der Waals surface area contributed by atoms with E-state index in [0.717, 1.165) is 12.8 Å². The SMILES string of the molecule is CC(C)(CCc1ccccc1)Nc1ncc(Cl)cc1F. The van der Waals surface area contributed by atoms with Crippen molar-refractivity contribution in [1.29, 1.82) is 0 Å². The van der Waals surface area contributed by atoms with Crippen molar-refractivity contribution in [2.75, 3.05) is 5.32 Å². The van der Waals surface area contributed by atoms with Gasteiger partial charge in [0.05, 0.1) is 5.02 Å². The molecular weight excluding hydrogens is 275 g/mol. The fraction of sp³-hybridized carbons (Fsp3) is 0.312. The number of aromatic nitrogens is 1. The number of nitrogens with zero attached hydrogens (tertiary/aromatic N) is 1. The average Bonchev–Trinajstić information content (AvgIpc) is 2.41. The van der Waals surface area contributed by atoms with Crippen molar-refractivity contribution in [3.05, 3.63) is 59.0 Å². The number of rotatable bonds is 5. The monoisotopic (exact) mass is 292 g/mol. The molecule has 0 unspecified atom stereocenters. The van der Waals surface area contributed by atoms with Crippen LogP contribution < -0.4 is 5.32 Å². The van der Waals surface area contributed by atoms with Crippen LogP contribution in [-0.2, 0) is 6.42 Å². The fourth-order valence-electron chi connectivity index (χ4n) is 1.99. The quantitative estimate of drug-likeness (QED) is 0.864. The Bertz CT molecular complexity index is 570. The van der Waals surface area contributed by atoms with E-state index in [4.69, 9.17) is 11.6 Å². The minimum absolute atomic E-state index is 0.243. The van der Waals surface area contributed by atoms with E-state index < -0.39 is 5.82 Å². The number of hydrogen-bond acceptors (Lipinski definition) is 2. The summed E-state index contributed by atoms with van der Waals surface area (Å²) < 4.78 is 13.7. The number of anilines is 1. The molecule has 106 valence electrons. The number of nitrogens with one attached hydrogen (secondary N) is 1. The van der Waals surface area contributed by atoms with Crippen LogP contribution in [0.5, 0.6) is 0 Å². The van der Waals surface area contributed by atoms with Crippen LogP contribution in [0.2, 0.25) is 5.02 Å². The van der Waals surface area contributed by atoms with E-state index in [9.17, 15) is 4.39 Å². The molecule has 1 aromatic carbocycles. The van der Waals surface area contributed by atoms with Crippen molar-refractivity contribution >= 4 is 17.4 Å². The third-order valence-corrected chi connectivity index (χ3v) is 3.35. The zero-order valence-corrected chi connectivity index (χ0v) is 12.4. The Balaban J connectivity index is 2.00. The summed E-state index contributed by atoms with van der Waals surface area (Å²) in [6.07, 6.45) is 3.25. The molecule has 2 nitrogen and oxygen atoms in total. The molecule has 0 bridgehead atoms. The van der Waals surface area contributed by atoms with Crippen molar-refractivity contribution < 1.29 is 4.39 Å². The first kappa shape index (κ1) is 14.8. The highest BCUT2D eigenvalue weighted by atomic mass is 35.5. The van der Waals surface area contributed by atoms with Crippen molar-refractivity contribution in [3.63, 3.8) is 0 Å². The summed E-state index contributed by atoms with van der Waals surface area (Å²) >= 11 is 5.70. The Hall–Kier alpha value is -1.61. The van der Waals surface area contributed by atoms with E-state index in [1.165, 1.54) is 17.8 Å². The molecule has 1 heterocycles. The van der Waals surface area contributed by atoms with Gasteiger partial charge in [0.15, 0.2) is 11.6 Å². The van der Waals surface area contributed by atoms with Gasteiger partial charge in [-0.2, -0.15) is 0 Å². The summed E-state index contributed by atoms with van der Waals surface area (Å²) in [5, 5.41) is 3.44. The number of aryl methyl sites for hydroxylation is 1. The molecule has 1 N–H and O–H groups in total. The molecule has 0 amide bonds. The number of benzene rings is 1. The van der Waals surface area contributed by atoms with Crippen LogP contribution in [0.4, 0.5) is 10.2 Å². The van der Waals surface area contributed by atoms with Gasteiger partial charge < -0.3 is 5.32 Å². The van der Waals surface area contributed by atoms with E-state index in [0.29, 0.717) is 5.02 Å². The zero-order valence-electron chi connectivity index (χ0n) is 11.7. The van der Waals surface area contributed by atoms with Gasteiger partial charge in [0.2, 0.25) is 0 Å². The molecule has 0 saturated carbocycles. The first-order valence-electron chi connectivity index (χ1n) is 6.59. The van der Waals surface area contributed by atoms with Crippen LogP contribution in [0.1, 0.15) is 25.8 Å². The molecule has 20 heavy (non-hydrogen) atoms. The largest absolute Gasteiger partial charge is 0.363 e. The van der Waals surface area contributed by atoms with E-state index in [2.05, 4.69) is 22.4 Å². The third kappa shape index (κ3) is 4.20. The van der Waals surface area contributed by atoms with E-state index in [1.807, 2.05) is 32.0 Å². The predicted molar refractivity (Wildman–Crippen MR) is 81.7 cm³/mol. The van der Waals surface area contributed by atoms with Crippen LogP contribution in [-0.4, -0.2) is 10.5 Å². The predicted octanol–water partition coefficient (Wildman–Crippen LogP) is 4.70. The van der Waals surface area contributed by atoms with Gasteiger partial charge in [0.1, 0.15) is 0 Å². The second kappa shape index (κ2) is 6.23. The van der Waals surface area contributed by atoms with E-state index >= 15 is 0 Å². The fourth-order valence-corrected chi connectivity index (χ4v) is 2.14. The lowest BCUT2D eigenvalue weighted by molar-refractivity contribution is 0.508. The highest BCUT2D eigenvalue weighted by Crippen LogP contribution is 2.22. The Labute approximate surface area is 124 Å². The molecule has 4 heteroatoms. The molecule has 0 aliphatic carbocycles. The molecule has 2 rings (SSSR count). The number of pyridine rings is 1. The van der Waals surface area contributed by atoms with Crippen LogP contribution >= 0.6 is 11.6 Å². The summed E-state index contributed by atoms with van der Waals surface area (Å²) in [6.45, 7) is 4.07. The van der Waals surface area contributed by atoms with Crippen LogP contribution in [0, 0.1) is 5.82 Å². The van der Waals surface area contributed by atoms with Crippen LogP contribution in [0.3, 0.4) is 0 Å². The normalized spacial score (nSPS) is 11.4. The smallest absolute Gasteiger partial charge is 0.166 e. The van der Waals surface area contributed by atoms with Crippen LogP contribution in [0.25, 0.3) is 0 Å². The van der Waals surface area contributed by atoms with Gasteiger partial charge in [-0.15, -0.1) is 0 Å². The summed E-state index contributed by atoms with van der Waals surface area (Å²) in [4.78, 5) is 4.00. The first-order chi connectivity index (χ1) is 9.46. The second-order valence-corrected chi connectivity index (χ2v) is 5.91. The lowest BCUT2D eigenvalue weighted by Crippen LogP contribution is -2.32. The molecule has 1 aromatic heterocycles. The van der Waals surface area contributed by atoms with Gasteiger partial charge in [-0.05, 0) is 38.3 Å². The molecule has 0 aliphatic heterocycles. The minimum Gasteiger partial charge on any atom is -0.363 e. The summed E-state index contributed by atoms with van der Waals surface area (Å²) in [6, 6.07) is 11.5. The van der Waals surface area contributed by atoms with Gasteiger partial charge in [0.25, 0.3) is 0 Å². The molecule has 0 spiro atoms. The van der Waals surface area contributed by atoms with Crippen LogP contribution in [0.15, 0.2) is 42.6 Å². The molecule has 0 aliphatic rings. The second-order valence-electron chi connectivity index (χ2n) is 5.48. The number of hydrogen-bond donors (Lipinski definition) is 1. The molecule has 0 atom stereocenters. The Morgan fingerprint density at radius 1 is 1.25 bits per heavy atom. The maximum Gasteiger partial charge on any atom is 0.166 e. The standard InChI is InChI=1S/C16H18ClFN2/c1-16(2,9-8-12-6-4-3-5-7-12)20-15-14(18)10-13(17)11-19-15/h3-7,10-11H,8-9H2,1-2H3,(H,19,20). The van der Waals surface area contributed by atoms with Gasteiger partial charge in [-0.25, -0.2) is 9.37 Å². The first-order valence-corrected chi connectivity index (χ1v) is 6.97. The Morgan fingerprint density at radius 3 is 2.60 bits per heavy atom. The summed E-state index contributed by atoms with van der Waals surface area (Å²) in [5.74, 6) is -0.183. The average molecular weight is 293 g/mol. The molecular formula is C16H18ClFN2. The van der Waals surface area contributed by atoms with Crippen molar-refractivity contribution in [1.82, 2.24) is 4.98 Å². The highest BCUT2D eigenvalue weighted by Gasteiger charge is 2.19. The molecule has 0 radical (unpaired) electrons. The summed E-state index contributed by atoms with van der Waals surface area (Å²) in [7, 11) is 0. The van der Waals surface area contributed by atoms with Crippen molar-refractivity contribution in [2.45, 2.75) is 32.2 Å². The molecule has 0 saturated heterocycles. The van der Waals surface area contributed by atoms with Crippen molar-refractivity contribution in [3.8, 4) is 0 Å². The zero-order chi connectivity index (χ0) is 14.6. The summed E-state index contributed by atoms with van der Waals surface area (Å²) in [5.41, 5.74) is 1.02. The lowest BCUT2D eigenvalue weighted by atomic mass is 9.95. The van der Waals surface area contributed by atoms with E-state index in [1.54, 1.807) is 0 Å². The number of halogens is 2. The molecule has 2 aromatic rings. The van der Waals surface area contributed by atoms with E-state index in [-0.39, 0.29) is 11.4 Å². The Kier molecular flexibility index (Phi) is 4.61. The maximum absolute atomic E-state index is 13.7. The van der Waals surface area contributed by atoms with Gasteiger partial charge in [-0.3, -0.25) is 0 Å². The molecule has 0 fully saturated rings. The van der Waals surface area contributed by atoms with Gasteiger partial charge >= 0.3 is 0 Å². The lowest BCUT2D eigenvalue weighted by Gasteiger charge is -2.27. The topological polar surface area (TPSA) is 24.9 Å². The Morgan fingerprint density at radius 2 is 1.95 bits per heavy atom.